The first-order valence-corrected chi connectivity index (χ1v) is 7.50. The monoisotopic (exact) mass is 294 g/mol. The van der Waals surface area contributed by atoms with Crippen LogP contribution in [0, 0.1) is 5.82 Å². The molecule has 1 aliphatic rings. The van der Waals surface area contributed by atoms with E-state index in [1.165, 1.54) is 25.0 Å². The molecule has 0 spiro atoms. The lowest BCUT2D eigenvalue weighted by molar-refractivity contribution is -0.128. The van der Waals surface area contributed by atoms with Crippen LogP contribution in [-0.2, 0) is 11.3 Å². The number of carbonyl (C=O) groups is 1. The average molecular weight is 294 g/mol. The standard InChI is InChI=1S/C16H23FN2O2/c1-11(16(20)19-14-5-3-4-6-14)21-15-8-7-13(17)9-12(15)10-18-2/h7-9,11,14,18H,3-6,10H2,1-2H3,(H,19,20). The Morgan fingerprint density at radius 2 is 2.14 bits per heavy atom. The maximum absolute atomic E-state index is 13.3. The number of carbonyl (C=O) groups excluding carboxylic acids is 1. The Balaban J connectivity index is 1.97. The first-order valence-electron chi connectivity index (χ1n) is 7.50. The van der Waals surface area contributed by atoms with Gasteiger partial charge in [-0.05, 0) is 45.0 Å². The summed E-state index contributed by atoms with van der Waals surface area (Å²) in [5, 5.41) is 5.97. The van der Waals surface area contributed by atoms with Crippen LogP contribution in [0.3, 0.4) is 0 Å². The molecule has 1 aromatic carbocycles. The minimum Gasteiger partial charge on any atom is -0.481 e. The summed E-state index contributed by atoms with van der Waals surface area (Å²) in [6, 6.07) is 4.61. The quantitative estimate of drug-likeness (QED) is 0.847. The summed E-state index contributed by atoms with van der Waals surface area (Å²) in [5.74, 6) is 0.122. The first kappa shape index (κ1) is 15.8. The van der Waals surface area contributed by atoms with Gasteiger partial charge in [-0.25, -0.2) is 4.39 Å². The molecule has 116 valence electrons. The summed E-state index contributed by atoms with van der Waals surface area (Å²) < 4.78 is 19.0. The highest BCUT2D eigenvalue weighted by Crippen LogP contribution is 2.22. The Morgan fingerprint density at radius 1 is 1.43 bits per heavy atom. The van der Waals surface area contributed by atoms with Crippen molar-refractivity contribution in [3.8, 4) is 5.75 Å². The minimum absolute atomic E-state index is 0.110. The summed E-state index contributed by atoms with van der Waals surface area (Å²) in [4.78, 5) is 12.1. The zero-order valence-electron chi connectivity index (χ0n) is 12.6. The molecule has 5 heteroatoms. The zero-order chi connectivity index (χ0) is 15.2. The van der Waals surface area contributed by atoms with E-state index in [9.17, 15) is 9.18 Å². The van der Waals surface area contributed by atoms with Crippen molar-refractivity contribution in [1.82, 2.24) is 10.6 Å². The summed E-state index contributed by atoms with van der Waals surface area (Å²) in [7, 11) is 1.78. The second-order valence-electron chi connectivity index (χ2n) is 5.53. The van der Waals surface area contributed by atoms with Crippen LogP contribution < -0.4 is 15.4 Å². The molecule has 1 aromatic rings. The summed E-state index contributed by atoms with van der Waals surface area (Å²) in [6.07, 6.45) is 3.83. The van der Waals surface area contributed by atoms with Crippen LogP contribution >= 0.6 is 0 Å². The van der Waals surface area contributed by atoms with Gasteiger partial charge in [-0.3, -0.25) is 4.79 Å². The van der Waals surface area contributed by atoms with Gasteiger partial charge in [0, 0.05) is 18.2 Å². The van der Waals surface area contributed by atoms with E-state index in [2.05, 4.69) is 10.6 Å². The summed E-state index contributed by atoms with van der Waals surface area (Å²) in [6.45, 7) is 2.21. The first-order chi connectivity index (χ1) is 10.1. The number of benzene rings is 1. The largest absolute Gasteiger partial charge is 0.481 e. The lowest BCUT2D eigenvalue weighted by Gasteiger charge is -2.19. The van der Waals surface area contributed by atoms with E-state index in [0.29, 0.717) is 17.9 Å². The molecule has 21 heavy (non-hydrogen) atoms. The maximum atomic E-state index is 13.3. The average Bonchev–Trinajstić information content (AvgIpc) is 2.95. The molecule has 1 aliphatic carbocycles. The van der Waals surface area contributed by atoms with Crippen LogP contribution in [0.25, 0.3) is 0 Å². The third-order valence-electron chi connectivity index (χ3n) is 3.76. The van der Waals surface area contributed by atoms with Crippen LogP contribution in [0.5, 0.6) is 5.75 Å². The normalized spacial score (nSPS) is 16.7. The van der Waals surface area contributed by atoms with E-state index < -0.39 is 6.10 Å². The van der Waals surface area contributed by atoms with Gasteiger partial charge in [-0.2, -0.15) is 0 Å². The molecule has 0 bridgehead atoms. The van der Waals surface area contributed by atoms with Gasteiger partial charge in [0.25, 0.3) is 5.91 Å². The lowest BCUT2D eigenvalue weighted by atomic mass is 10.2. The van der Waals surface area contributed by atoms with Crippen molar-refractivity contribution in [3.63, 3.8) is 0 Å². The van der Waals surface area contributed by atoms with Crippen molar-refractivity contribution in [2.45, 2.75) is 51.3 Å². The molecule has 1 atom stereocenters. The zero-order valence-corrected chi connectivity index (χ0v) is 12.6. The highest BCUT2D eigenvalue weighted by molar-refractivity contribution is 5.81. The van der Waals surface area contributed by atoms with Crippen LogP contribution in [0.1, 0.15) is 38.2 Å². The second kappa shape index (κ2) is 7.41. The van der Waals surface area contributed by atoms with Gasteiger partial charge in [-0.1, -0.05) is 12.8 Å². The molecule has 2 rings (SSSR count). The van der Waals surface area contributed by atoms with Crippen molar-refractivity contribution >= 4 is 5.91 Å². The van der Waals surface area contributed by atoms with E-state index >= 15 is 0 Å². The number of rotatable bonds is 6. The van der Waals surface area contributed by atoms with Gasteiger partial charge in [0.15, 0.2) is 6.10 Å². The molecule has 2 N–H and O–H groups in total. The van der Waals surface area contributed by atoms with Crippen LogP contribution in [0.2, 0.25) is 0 Å². The number of amides is 1. The number of nitrogens with one attached hydrogen (secondary N) is 2. The Kier molecular flexibility index (Phi) is 5.56. The van der Waals surface area contributed by atoms with E-state index in [-0.39, 0.29) is 17.8 Å². The Morgan fingerprint density at radius 3 is 2.81 bits per heavy atom. The predicted octanol–water partition coefficient (Wildman–Crippen LogP) is 2.37. The van der Waals surface area contributed by atoms with E-state index in [1.54, 1.807) is 20.0 Å². The van der Waals surface area contributed by atoms with E-state index in [1.807, 2.05) is 0 Å². The van der Waals surface area contributed by atoms with Crippen molar-refractivity contribution in [2.75, 3.05) is 7.05 Å². The fourth-order valence-corrected chi connectivity index (χ4v) is 2.62. The van der Waals surface area contributed by atoms with E-state index in [0.717, 1.165) is 12.8 Å². The molecule has 1 unspecified atom stereocenters. The molecular formula is C16H23FN2O2. The summed E-state index contributed by atoms with van der Waals surface area (Å²) in [5.41, 5.74) is 0.706. The molecule has 1 fully saturated rings. The molecule has 4 nitrogen and oxygen atoms in total. The second-order valence-corrected chi connectivity index (χ2v) is 5.53. The summed E-state index contributed by atoms with van der Waals surface area (Å²) >= 11 is 0. The van der Waals surface area contributed by atoms with Gasteiger partial charge in [0.1, 0.15) is 11.6 Å². The van der Waals surface area contributed by atoms with Gasteiger partial charge >= 0.3 is 0 Å². The third-order valence-corrected chi connectivity index (χ3v) is 3.76. The molecule has 0 aliphatic heterocycles. The third kappa shape index (κ3) is 4.43. The van der Waals surface area contributed by atoms with Crippen molar-refractivity contribution in [3.05, 3.63) is 29.6 Å². The number of hydrogen-bond donors (Lipinski definition) is 2. The number of hydrogen-bond acceptors (Lipinski definition) is 3. The molecule has 0 aromatic heterocycles. The van der Waals surface area contributed by atoms with Gasteiger partial charge in [0.05, 0.1) is 0 Å². The number of ether oxygens (including phenoxy) is 1. The highest BCUT2D eigenvalue weighted by Gasteiger charge is 2.22. The van der Waals surface area contributed by atoms with Crippen LogP contribution in [0.4, 0.5) is 4.39 Å². The van der Waals surface area contributed by atoms with Gasteiger partial charge < -0.3 is 15.4 Å². The molecule has 0 radical (unpaired) electrons. The van der Waals surface area contributed by atoms with Gasteiger partial charge in [-0.15, -0.1) is 0 Å². The molecular weight excluding hydrogens is 271 g/mol. The molecule has 1 amide bonds. The molecule has 0 saturated heterocycles. The maximum Gasteiger partial charge on any atom is 0.260 e. The molecule has 1 saturated carbocycles. The van der Waals surface area contributed by atoms with Crippen LogP contribution in [0.15, 0.2) is 18.2 Å². The smallest absolute Gasteiger partial charge is 0.260 e. The van der Waals surface area contributed by atoms with Crippen molar-refractivity contribution in [1.29, 1.82) is 0 Å². The van der Waals surface area contributed by atoms with E-state index in [4.69, 9.17) is 4.74 Å². The minimum atomic E-state index is -0.591. The Hall–Kier alpha value is -1.62. The Labute approximate surface area is 125 Å². The molecule has 0 heterocycles. The fraction of sp³-hybridized carbons (Fsp3) is 0.562. The predicted molar refractivity (Wildman–Crippen MR) is 79.7 cm³/mol. The van der Waals surface area contributed by atoms with Crippen molar-refractivity contribution < 1.29 is 13.9 Å². The van der Waals surface area contributed by atoms with Crippen LogP contribution in [-0.4, -0.2) is 25.1 Å². The highest BCUT2D eigenvalue weighted by atomic mass is 19.1. The van der Waals surface area contributed by atoms with Crippen molar-refractivity contribution in [2.24, 2.45) is 0 Å². The SMILES string of the molecule is CNCc1cc(F)ccc1OC(C)C(=O)NC1CCCC1. The Bertz CT molecular complexity index is 487. The lowest BCUT2D eigenvalue weighted by Crippen LogP contribution is -2.41. The fourth-order valence-electron chi connectivity index (χ4n) is 2.62. The number of halogens is 1. The van der Waals surface area contributed by atoms with Gasteiger partial charge in [0.2, 0.25) is 0 Å². The topological polar surface area (TPSA) is 50.4 Å².